The van der Waals surface area contributed by atoms with Crippen LogP contribution in [0.15, 0.2) is 72.9 Å². The Balaban J connectivity index is 1.05. The molecule has 0 bridgehead atoms. The molecule has 7 rings (SSSR count). The van der Waals surface area contributed by atoms with E-state index in [-0.39, 0.29) is 47.6 Å². The largest absolute Gasteiger partial charge is 0.453 e. The van der Waals surface area contributed by atoms with Crippen molar-refractivity contribution in [2.24, 2.45) is 30.7 Å². The summed E-state index contributed by atoms with van der Waals surface area (Å²) in [6, 6.07) is 21.3. The maximum absolute atomic E-state index is 13.9. The number of carbonyl (C=O) groups excluding carboxylic acids is 4. The van der Waals surface area contributed by atoms with Gasteiger partial charge in [-0.2, -0.15) is 0 Å². The zero-order valence-corrected chi connectivity index (χ0v) is 36.6. The topological polar surface area (TPSA) is 164 Å². The molecule has 5 aromatic rings. The van der Waals surface area contributed by atoms with Crippen LogP contribution < -0.4 is 10.6 Å². The van der Waals surface area contributed by atoms with E-state index in [9.17, 15) is 19.2 Å². The van der Waals surface area contributed by atoms with Crippen LogP contribution in [0.5, 0.6) is 0 Å². The first-order chi connectivity index (χ1) is 29.2. The summed E-state index contributed by atoms with van der Waals surface area (Å²) in [5.41, 5.74) is 7.98. The zero-order chi connectivity index (χ0) is 43.7. The van der Waals surface area contributed by atoms with Crippen molar-refractivity contribution in [2.75, 3.05) is 27.3 Å². The van der Waals surface area contributed by atoms with Gasteiger partial charge in [-0.3, -0.25) is 9.59 Å². The highest BCUT2D eigenvalue weighted by Crippen LogP contribution is 2.39. The fourth-order valence-corrected chi connectivity index (χ4v) is 8.88. The summed E-state index contributed by atoms with van der Waals surface area (Å²) in [5.74, 6) is 1.61. The van der Waals surface area contributed by atoms with Crippen LogP contribution in [-0.2, 0) is 26.1 Å². The molecular weight excluding hydrogens is 773 g/mol. The highest BCUT2D eigenvalue weighted by Gasteiger charge is 2.42. The molecule has 322 valence electrons. The summed E-state index contributed by atoms with van der Waals surface area (Å²) in [7, 11) is 4.60. The molecule has 3 aromatic carbocycles. The highest BCUT2D eigenvalue weighted by atomic mass is 16.5. The van der Waals surface area contributed by atoms with Crippen LogP contribution in [0.1, 0.15) is 78.1 Å². The van der Waals surface area contributed by atoms with Gasteiger partial charge in [-0.25, -0.2) is 19.6 Å². The number of nitrogens with zero attached hydrogens (tertiary/aromatic N) is 5. The number of H-pyrrole nitrogens is 1. The van der Waals surface area contributed by atoms with Crippen molar-refractivity contribution in [3.8, 4) is 33.5 Å². The number of methoxy groups -OCH3 is 2. The van der Waals surface area contributed by atoms with E-state index in [1.165, 1.54) is 14.2 Å². The molecule has 4 heterocycles. The first-order valence-corrected chi connectivity index (χ1v) is 21.2. The minimum atomic E-state index is -0.701. The molecule has 0 spiro atoms. The number of benzene rings is 3. The zero-order valence-electron chi connectivity index (χ0n) is 36.6. The first kappa shape index (κ1) is 42.9. The number of hydrogen-bond acceptors (Lipinski definition) is 8. The van der Waals surface area contributed by atoms with Gasteiger partial charge in [0.15, 0.2) is 0 Å². The van der Waals surface area contributed by atoms with Crippen molar-refractivity contribution in [3.63, 3.8) is 0 Å². The summed E-state index contributed by atoms with van der Waals surface area (Å²) < 4.78 is 11.7. The molecular formula is C47H58N8O6. The molecule has 14 heteroatoms. The number of hydrogen-bond donors (Lipinski definition) is 3. The number of alkyl carbamates (subject to hydrolysis) is 2. The van der Waals surface area contributed by atoms with Crippen LogP contribution in [0.2, 0.25) is 0 Å². The van der Waals surface area contributed by atoms with Gasteiger partial charge in [0.1, 0.15) is 23.7 Å². The van der Waals surface area contributed by atoms with E-state index in [4.69, 9.17) is 19.4 Å². The normalized spacial score (nSPS) is 20.0. The number of rotatable bonds is 11. The predicted octanol–water partition coefficient (Wildman–Crippen LogP) is 7.88. The molecule has 2 aliphatic rings. The summed E-state index contributed by atoms with van der Waals surface area (Å²) in [5, 5.41) is 5.46. The SMILES string of the molecule is COC(=O)N[C@H](C(=O)N1C[C@@H](C)CC1c1nc2ccc(-c3ccc(-c4ccc(-c5cnc([C@@H]6C[C@H](C)CN6C(=O)[C@H](NC(=O)OC)C(C)C)[nH]5)cc4)cc3)cc2n1C)C(C)C. The Morgan fingerprint density at radius 1 is 0.689 bits per heavy atom. The number of ether oxygens (including phenoxy) is 2. The Morgan fingerprint density at radius 2 is 1.15 bits per heavy atom. The second kappa shape index (κ2) is 17.8. The van der Waals surface area contributed by atoms with Crippen molar-refractivity contribution in [1.82, 2.24) is 40.0 Å². The maximum Gasteiger partial charge on any atom is 0.407 e. The Kier molecular flexibility index (Phi) is 12.5. The lowest BCUT2D eigenvalue weighted by atomic mass is 9.99. The molecule has 0 aliphatic carbocycles. The molecule has 14 nitrogen and oxygen atoms in total. The second-order valence-corrected chi connectivity index (χ2v) is 17.5. The van der Waals surface area contributed by atoms with Crippen LogP contribution in [0.4, 0.5) is 9.59 Å². The number of aryl methyl sites for hydroxylation is 1. The van der Waals surface area contributed by atoms with Gasteiger partial charge < -0.3 is 39.5 Å². The van der Waals surface area contributed by atoms with E-state index >= 15 is 0 Å². The van der Waals surface area contributed by atoms with E-state index < -0.39 is 24.3 Å². The van der Waals surface area contributed by atoms with Crippen molar-refractivity contribution in [3.05, 3.63) is 84.6 Å². The van der Waals surface area contributed by atoms with E-state index in [1.54, 1.807) is 0 Å². The van der Waals surface area contributed by atoms with Crippen LogP contribution >= 0.6 is 0 Å². The number of likely N-dealkylation sites (tertiary alicyclic amines) is 2. The van der Waals surface area contributed by atoms with E-state index in [0.717, 1.165) is 69.0 Å². The fourth-order valence-electron chi connectivity index (χ4n) is 8.88. The Hall–Kier alpha value is -6.18. The number of amides is 4. The minimum Gasteiger partial charge on any atom is -0.453 e. The molecule has 2 aromatic heterocycles. The van der Waals surface area contributed by atoms with Crippen molar-refractivity contribution < 1.29 is 28.7 Å². The van der Waals surface area contributed by atoms with Gasteiger partial charge >= 0.3 is 12.2 Å². The standard InChI is InChI=1S/C47H58N8O6/c1-26(2)40(51-46(58)60-8)44(56)54-24-28(5)20-38(54)42-48-23-36(49-42)33-16-14-31(15-17-33)30-10-12-32(13-11-30)34-18-19-35-37(22-34)53(7)43(50-35)39-21-29(6)25-55(39)45(57)41(27(3)4)52-47(59)61-9/h10-19,22-23,26-29,38-41H,20-21,24-25H2,1-9H3,(H,48,49)(H,51,58)(H,52,59)/t28-,29-,38-,39?,40+,41-/m0/s1. The lowest BCUT2D eigenvalue weighted by Gasteiger charge is -2.30. The third kappa shape index (κ3) is 8.85. The average Bonchev–Trinajstić information content (AvgIpc) is 4.06. The summed E-state index contributed by atoms with van der Waals surface area (Å²) >= 11 is 0. The highest BCUT2D eigenvalue weighted by molar-refractivity contribution is 5.88. The second-order valence-electron chi connectivity index (χ2n) is 17.5. The smallest absolute Gasteiger partial charge is 0.407 e. The van der Waals surface area contributed by atoms with Gasteiger partial charge in [-0.15, -0.1) is 0 Å². The molecule has 3 N–H and O–H groups in total. The summed E-state index contributed by atoms with van der Waals surface area (Å²) in [6.45, 7) is 13.1. The van der Waals surface area contributed by atoms with E-state index in [1.807, 2.05) is 56.8 Å². The van der Waals surface area contributed by atoms with Gasteiger partial charge in [0, 0.05) is 20.1 Å². The van der Waals surface area contributed by atoms with Gasteiger partial charge in [-0.1, -0.05) is 96.1 Å². The quantitative estimate of drug-likeness (QED) is 0.121. The number of imidazole rings is 2. The lowest BCUT2D eigenvalue weighted by Crippen LogP contribution is -2.51. The first-order valence-electron chi connectivity index (χ1n) is 21.2. The van der Waals surface area contributed by atoms with Crippen LogP contribution in [0.3, 0.4) is 0 Å². The number of nitrogens with one attached hydrogen (secondary N) is 3. The molecule has 2 aliphatic heterocycles. The number of carbonyl (C=O) groups is 4. The monoisotopic (exact) mass is 830 g/mol. The summed E-state index contributed by atoms with van der Waals surface area (Å²) in [6.07, 6.45) is 2.12. The van der Waals surface area contributed by atoms with Crippen LogP contribution in [0, 0.1) is 23.7 Å². The van der Waals surface area contributed by atoms with Crippen molar-refractivity contribution >= 4 is 35.0 Å². The molecule has 0 saturated carbocycles. The molecule has 4 amide bonds. The third-order valence-corrected chi connectivity index (χ3v) is 12.2. The van der Waals surface area contributed by atoms with E-state index in [2.05, 4.69) is 94.7 Å². The number of fused-ring (bicyclic) bond motifs is 1. The maximum atomic E-state index is 13.9. The Bertz CT molecular complexity index is 2390. The number of aromatic amines is 1. The molecule has 6 atom stereocenters. The predicted molar refractivity (Wildman–Crippen MR) is 234 cm³/mol. The molecule has 2 fully saturated rings. The summed E-state index contributed by atoms with van der Waals surface area (Å²) in [4.78, 5) is 68.7. The van der Waals surface area contributed by atoms with Gasteiger partial charge in [-0.05, 0) is 76.5 Å². The fraction of sp³-hybridized carbons (Fsp3) is 0.447. The molecule has 61 heavy (non-hydrogen) atoms. The molecule has 0 radical (unpaired) electrons. The van der Waals surface area contributed by atoms with E-state index in [0.29, 0.717) is 13.1 Å². The Labute approximate surface area is 357 Å². The van der Waals surface area contributed by atoms with Crippen LogP contribution in [0.25, 0.3) is 44.5 Å². The molecule has 1 unspecified atom stereocenters. The van der Waals surface area contributed by atoms with Gasteiger partial charge in [0.25, 0.3) is 0 Å². The minimum absolute atomic E-state index is 0.114. The average molecular weight is 831 g/mol. The van der Waals surface area contributed by atoms with Gasteiger partial charge in [0.05, 0.1) is 49.2 Å². The van der Waals surface area contributed by atoms with Crippen molar-refractivity contribution in [1.29, 1.82) is 0 Å². The Morgan fingerprint density at radius 3 is 1.66 bits per heavy atom. The lowest BCUT2D eigenvalue weighted by molar-refractivity contribution is -0.136. The number of aromatic nitrogens is 4. The third-order valence-electron chi connectivity index (χ3n) is 12.2. The molecule has 2 saturated heterocycles. The van der Waals surface area contributed by atoms with Crippen molar-refractivity contribution in [2.45, 2.75) is 78.6 Å². The van der Waals surface area contributed by atoms with Gasteiger partial charge in [0.2, 0.25) is 11.8 Å². The van der Waals surface area contributed by atoms with Crippen LogP contribution in [-0.4, -0.2) is 92.7 Å².